The molecule has 0 amide bonds. The van der Waals surface area contributed by atoms with Gasteiger partial charge in [0.25, 0.3) is 0 Å². The first-order chi connectivity index (χ1) is 8.09. The fraction of sp³-hybridized carbons (Fsp3) is 0.769. The minimum Gasteiger partial charge on any atom is -0.462 e. The van der Waals surface area contributed by atoms with Gasteiger partial charge >= 0.3 is 5.97 Å². The van der Waals surface area contributed by atoms with Crippen LogP contribution in [0, 0.1) is 0 Å². The lowest BCUT2D eigenvalue weighted by Gasteiger charge is -2.40. The van der Waals surface area contributed by atoms with Crippen molar-refractivity contribution >= 4 is 5.97 Å². The van der Waals surface area contributed by atoms with Gasteiger partial charge in [-0.25, -0.2) is 4.79 Å². The SMILES string of the molecule is C=C(C)C(=O)OCCCCOC1(CC)COC1. The van der Waals surface area contributed by atoms with E-state index in [0.29, 0.717) is 32.0 Å². The quantitative estimate of drug-likeness (QED) is 0.371. The third-order valence-electron chi connectivity index (χ3n) is 2.90. The summed E-state index contributed by atoms with van der Waals surface area (Å²) in [6, 6.07) is 0. The summed E-state index contributed by atoms with van der Waals surface area (Å²) in [6.07, 6.45) is 2.70. The summed E-state index contributed by atoms with van der Waals surface area (Å²) in [7, 11) is 0. The van der Waals surface area contributed by atoms with Crippen molar-refractivity contribution in [2.45, 2.75) is 38.7 Å². The number of rotatable bonds is 8. The predicted octanol–water partition coefficient (Wildman–Crippen LogP) is 2.08. The van der Waals surface area contributed by atoms with Gasteiger partial charge in [-0.2, -0.15) is 0 Å². The van der Waals surface area contributed by atoms with Crippen LogP contribution in [0.25, 0.3) is 0 Å². The van der Waals surface area contributed by atoms with E-state index in [9.17, 15) is 4.79 Å². The average molecular weight is 242 g/mol. The highest BCUT2D eigenvalue weighted by Gasteiger charge is 2.37. The molecule has 0 radical (unpaired) electrons. The van der Waals surface area contributed by atoms with Gasteiger partial charge in [0.15, 0.2) is 0 Å². The Labute approximate surface area is 103 Å². The van der Waals surface area contributed by atoms with Crippen LogP contribution in [0.2, 0.25) is 0 Å². The summed E-state index contributed by atoms with van der Waals surface area (Å²) in [5.74, 6) is -0.316. The molecule has 4 heteroatoms. The second kappa shape index (κ2) is 6.77. The van der Waals surface area contributed by atoms with E-state index in [-0.39, 0.29) is 11.6 Å². The fourth-order valence-electron chi connectivity index (χ4n) is 1.50. The maximum atomic E-state index is 11.1. The molecule has 1 aliphatic heterocycles. The van der Waals surface area contributed by atoms with Gasteiger partial charge in [-0.3, -0.25) is 0 Å². The molecule has 0 atom stereocenters. The first-order valence-corrected chi connectivity index (χ1v) is 6.14. The molecule has 0 saturated carbocycles. The van der Waals surface area contributed by atoms with E-state index in [4.69, 9.17) is 14.2 Å². The molecule has 1 fully saturated rings. The van der Waals surface area contributed by atoms with Crippen LogP contribution in [0.4, 0.5) is 0 Å². The minimum atomic E-state index is -0.316. The van der Waals surface area contributed by atoms with E-state index >= 15 is 0 Å². The Balaban J connectivity index is 1.98. The molecule has 98 valence electrons. The smallest absolute Gasteiger partial charge is 0.333 e. The zero-order valence-corrected chi connectivity index (χ0v) is 10.8. The van der Waals surface area contributed by atoms with E-state index in [2.05, 4.69) is 13.5 Å². The van der Waals surface area contributed by atoms with Crippen LogP contribution in [0.5, 0.6) is 0 Å². The van der Waals surface area contributed by atoms with Gasteiger partial charge in [-0.05, 0) is 26.2 Å². The fourth-order valence-corrected chi connectivity index (χ4v) is 1.50. The van der Waals surface area contributed by atoms with Crippen LogP contribution in [0.3, 0.4) is 0 Å². The van der Waals surface area contributed by atoms with E-state index in [1.807, 2.05) is 0 Å². The van der Waals surface area contributed by atoms with Crippen molar-refractivity contribution in [3.8, 4) is 0 Å². The standard InChI is InChI=1S/C13H22O4/c1-4-13(9-15-10-13)17-8-6-5-7-16-12(14)11(2)3/h2,4-10H2,1,3H3. The lowest BCUT2D eigenvalue weighted by atomic mass is 9.99. The van der Waals surface area contributed by atoms with Crippen LogP contribution in [-0.2, 0) is 19.0 Å². The molecule has 1 heterocycles. The second-order valence-electron chi connectivity index (χ2n) is 4.50. The summed E-state index contributed by atoms with van der Waals surface area (Å²) in [5.41, 5.74) is 0.395. The van der Waals surface area contributed by atoms with Gasteiger partial charge in [0.05, 0.1) is 19.8 Å². The first kappa shape index (κ1) is 14.2. The summed E-state index contributed by atoms with van der Waals surface area (Å²) in [6.45, 7) is 9.81. The largest absolute Gasteiger partial charge is 0.462 e. The minimum absolute atomic E-state index is 0.0472. The average Bonchev–Trinajstić information content (AvgIpc) is 2.25. The normalized spacial score (nSPS) is 17.3. The van der Waals surface area contributed by atoms with Crippen molar-refractivity contribution in [3.63, 3.8) is 0 Å². The van der Waals surface area contributed by atoms with Crippen molar-refractivity contribution in [2.24, 2.45) is 0 Å². The van der Waals surface area contributed by atoms with Gasteiger partial charge in [0, 0.05) is 12.2 Å². The molecule has 0 aliphatic carbocycles. The molecule has 1 aliphatic rings. The number of ether oxygens (including phenoxy) is 3. The maximum Gasteiger partial charge on any atom is 0.333 e. The molecule has 1 rings (SSSR count). The molecule has 0 N–H and O–H groups in total. The van der Waals surface area contributed by atoms with E-state index in [0.717, 1.165) is 19.3 Å². The highest BCUT2D eigenvalue weighted by molar-refractivity contribution is 5.86. The van der Waals surface area contributed by atoms with Crippen LogP contribution in [0.1, 0.15) is 33.1 Å². The Morgan fingerprint density at radius 3 is 2.47 bits per heavy atom. The molecule has 0 spiro atoms. The highest BCUT2D eigenvalue weighted by atomic mass is 16.6. The van der Waals surface area contributed by atoms with Crippen molar-refractivity contribution < 1.29 is 19.0 Å². The van der Waals surface area contributed by atoms with E-state index < -0.39 is 0 Å². The summed E-state index contributed by atoms with van der Waals surface area (Å²) >= 11 is 0. The first-order valence-electron chi connectivity index (χ1n) is 6.14. The Bertz CT molecular complexity index is 263. The highest BCUT2D eigenvalue weighted by Crippen LogP contribution is 2.25. The van der Waals surface area contributed by atoms with Crippen LogP contribution in [-0.4, -0.2) is 38.0 Å². The van der Waals surface area contributed by atoms with Gasteiger partial charge in [0.1, 0.15) is 5.60 Å². The zero-order chi connectivity index (χ0) is 12.7. The molecule has 0 aromatic rings. The number of esters is 1. The third-order valence-corrected chi connectivity index (χ3v) is 2.90. The molecule has 4 nitrogen and oxygen atoms in total. The van der Waals surface area contributed by atoms with Crippen molar-refractivity contribution in [3.05, 3.63) is 12.2 Å². The summed E-state index contributed by atoms with van der Waals surface area (Å²) < 4.78 is 15.9. The van der Waals surface area contributed by atoms with Crippen LogP contribution >= 0.6 is 0 Å². The third kappa shape index (κ3) is 4.48. The molecule has 0 aromatic heterocycles. The lowest BCUT2D eigenvalue weighted by molar-refractivity contribution is -0.211. The molecule has 0 unspecified atom stereocenters. The monoisotopic (exact) mass is 242 g/mol. The lowest BCUT2D eigenvalue weighted by Crippen LogP contribution is -2.51. The maximum absolute atomic E-state index is 11.1. The molecule has 1 saturated heterocycles. The molecule has 17 heavy (non-hydrogen) atoms. The Morgan fingerprint density at radius 2 is 2.00 bits per heavy atom. The van der Waals surface area contributed by atoms with Crippen LogP contribution in [0.15, 0.2) is 12.2 Å². The number of hydrogen-bond donors (Lipinski definition) is 0. The zero-order valence-electron chi connectivity index (χ0n) is 10.8. The topological polar surface area (TPSA) is 44.8 Å². The van der Waals surface area contributed by atoms with Crippen molar-refractivity contribution in [1.82, 2.24) is 0 Å². The van der Waals surface area contributed by atoms with Crippen molar-refractivity contribution in [2.75, 3.05) is 26.4 Å². The summed E-state index contributed by atoms with van der Waals surface area (Å²) in [4.78, 5) is 11.1. The van der Waals surface area contributed by atoms with E-state index in [1.54, 1.807) is 6.92 Å². The second-order valence-corrected chi connectivity index (χ2v) is 4.50. The Kier molecular flexibility index (Phi) is 5.65. The Morgan fingerprint density at radius 1 is 1.35 bits per heavy atom. The molecular weight excluding hydrogens is 220 g/mol. The molecule has 0 bridgehead atoms. The number of hydrogen-bond acceptors (Lipinski definition) is 4. The van der Waals surface area contributed by atoms with E-state index in [1.165, 1.54) is 0 Å². The van der Waals surface area contributed by atoms with Crippen LogP contribution < -0.4 is 0 Å². The predicted molar refractivity (Wildman–Crippen MR) is 64.8 cm³/mol. The van der Waals surface area contributed by atoms with Gasteiger partial charge < -0.3 is 14.2 Å². The number of unbranched alkanes of at least 4 members (excludes halogenated alkanes) is 1. The number of carbonyl (C=O) groups excluding carboxylic acids is 1. The van der Waals surface area contributed by atoms with Gasteiger partial charge in [0.2, 0.25) is 0 Å². The van der Waals surface area contributed by atoms with Gasteiger partial charge in [-0.1, -0.05) is 13.5 Å². The molecule has 0 aromatic carbocycles. The molecular formula is C13H22O4. The summed E-state index contributed by atoms with van der Waals surface area (Å²) in [5, 5.41) is 0. The number of carbonyl (C=O) groups is 1. The Hall–Kier alpha value is -0.870. The van der Waals surface area contributed by atoms with Gasteiger partial charge in [-0.15, -0.1) is 0 Å². The van der Waals surface area contributed by atoms with Crippen molar-refractivity contribution in [1.29, 1.82) is 0 Å².